The number of rotatable bonds is 3. The zero-order chi connectivity index (χ0) is 14.4. The van der Waals surface area contributed by atoms with Gasteiger partial charge in [-0.25, -0.2) is 0 Å². The second-order valence-corrected chi connectivity index (χ2v) is 5.58. The summed E-state index contributed by atoms with van der Waals surface area (Å²) in [5.74, 6) is -0.182. The van der Waals surface area contributed by atoms with Crippen LogP contribution in [0.15, 0.2) is 23.8 Å². The van der Waals surface area contributed by atoms with Crippen LogP contribution in [0.5, 0.6) is 0 Å². The first kappa shape index (κ1) is 15.0. The third-order valence-electron chi connectivity index (χ3n) is 3.88. The summed E-state index contributed by atoms with van der Waals surface area (Å²) in [6, 6.07) is 0. The normalized spacial score (nSPS) is 24.6. The fourth-order valence-corrected chi connectivity index (χ4v) is 2.75. The second-order valence-electron chi connectivity index (χ2n) is 5.58. The Labute approximate surface area is 121 Å². The van der Waals surface area contributed by atoms with Crippen LogP contribution in [0, 0.1) is 5.41 Å². The lowest BCUT2D eigenvalue weighted by Gasteiger charge is -2.32. The van der Waals surface area contributed by atoms with Crippen molar-refractivity contribution in [2.45, 2.75) is 45.1 Å². The molecule has 4 heteroatoms. The van der Waals surface area contributed by atoms with Gasteiger partial charge < -0.3 is 10.1 Å². The SMILES string of the molecule is CC(=O)OC1CCN(C/C2=C/C=CCCCC2=N)CC1. The van der Waals surface area contributed by atoms with E-state index in [-0.39, 0.29) is 12.1 Å². The van der Waals surface area contributed by atoms with Crippen molar-refractivity contribution in [2.24, 2.45) is 0 Å². The topological polar surface area (TPSA) is 53.4 Å². The van der Waals surface area contributed by atoms with Gasteiger partial charge >= 0.3 is 5.97 Å². The van der Waals surface area contributed by atoms with Crippen LogP contribution < -0.4 is 0 Å². The molecule has 1 N–H and O–H groups in total. The number of carbonyl (C=O) groups is 1. The van der Waals surface area contributed by atoms with E-state index in [1.807, 2.05) is 0 Å². The van der Waals surface area contributed by atoms with Crippen molar-refractivity contribution < 1.29 is 9.53 Å². The van der Waals surface area contributed by atoms with E-state index in [4.69, 9.17) is 10.1 Å². The lowest BCUT2D eigenvalue weighted by molar-refractivity contribution is -0.148. The molecule has 0 unspecified atom stereocenters. The molecule has 0 atom stereocenters. The van der Waals surface area contributed by atoms with Crippen molar-refractivity contribution >= 4 is 11.7 Å². The first-order chi connectivity index (χ1) is 9.65. The van der Waals surface area contributed by atoms with E-state index in [0.717, 1.165) is 63.0 Å². The van der Waals surface area contributed by atoms with Gasteiger partial charge in [0.05, 0.1) is 0 Å². The van der Waals surface area contributed by atoms with E-state index in [1.165, 1.54) is 6.92 Å². The highest BCUT2D eigenvalue weighted by Crippen LogP contribution is 2.17. The molecule has 0 radical (unpaired) electrons. The summed E-state index contributed by atoms with van der Waals surface area (Å²) in [5, 5.41) is 8.14. The number of allylic oxidation sites excluding steroid dienone is 3. The van der Waals surface area contributed by atoms with Gasteiger partial charge in [0.25, 0.3) is 0 Å². The van der Waals surface area contributed by atoms with Crippen LogP contribution in [0.1, 0.15) is 39.0 Å². The first-order valence-electron chi connectivity index (χ1n) is 7.48. The molecule has 0 bridgehead atoms. The zero-order valence-corrected chi connectivity index (χ0v) is 12.2. The highest BCUT2D eigenvalue weighted by molar-refractivity contribution is 5.98. The summed E-state index contributed by atoms with van der Waals surface area (Å²) in [7, 11) is 0. The van der Waals surface area contributed by atoms with Gasteiger partial charge in [-0.3, -0.25) is 9.69 Å². The quantitative estimate of drug-likeness (QED) is 0.806. The molecule has 1 aliphatic carbocycles. The van der Waals surface area contributed by atoms with Gasteiger partial charge in [0.2, 0.25) is 0 Å². The minimum atomic E-state index is -0.182. The minimum absolute atomic E-state index is 0.0782. The number of hydrogen-bond donors (Lipinski definition) is 1. The maximum Gasteiger partial charge on any atom is 0.302 e. The van der Waals surface area contributed by atoms with Crippen molar-refractivity contribution in [3.63, 3.8) is 0 Å². The number of piperidine rings is 1. The standard InChI is InChI=1S/C16H24N2O2/c1-13(19)20-15-8-10-18(11-9-15)12-14-6-4-2-3-5-7-16(14)17/h2,4,6,15,17H,3,5,7-12H2,1H3/b4-2?,14-6-,17-16?. The summed E-state index contributed by atoms with van der Waals surface area (Å²) in [6.45, 7) is 4.19. The van der Waals surface area contributed by atoms with Gasteiger partial charge in [0, 0.05) is 32.3 Å². The lowest BCUT2D eigenvalue weighted by atomic mass is 9.99. The zero-order valence-electron chi connectivity index (χ0n) is 12.2. The molecule has 0 aromatic carbocycles. The van der Waals surface area contributed by atoms with Crippen LogP contribution >= 0.6 is 0 Å². The van der Waals surface area contributed by atoms with Crippen LogP contribution in [0.3, 0.4) is 0 Å². The molecule has 0 spiro atoms. The van der Waals surface area contributed by atoms with Gasteiger partial charge in [-0.05, 0) is 37.7 Å². The van der Waals surface area contributed by atoms with E-state index < -0.39 is 0 Å². The van der Waals surface area contributed by atoms with Crippen molar-refractivity contribution in [1.29, 1.82) is 5.41 Å². The second kappa shape index (κ2) is 7.39. The summed E-state index contributed by atoms with van der Waals surface area (Å²) in [6.07, 6.45) is 11.2. The van der Waals surface area contributed by atoms with E-state index >= 15 is 0 Å². The molecule has 1 aliphatic heterocycles. The van der Waals surface area contributed by atoms with Crippen LogP contribution in [0.25, 0.3) is 0 Å². The molecule has 4 nitrogen and oxygen atoms in total. The predicted molar refractivity (Wildman–Crippen MR) is 80.0 cm³/mol. The van der Waals surface area contributed by atoms with Gasteiger partial charge in [-0.2, -0.15) is 0 Å². The summed E-state index contributed by atoms with van der Waals surface area (Å²) >= 11 is 0. The van der Waals surface area contributed by atoms with Crippen LogP contribution in [-0.2, 0) is 9.53 Å². The van der Waals surface area contributed by atoms with Gasteiger partial charge in [-0.1, -0.05) is 18.2 Å². The molecule has 110 valence electrons. The van der Waals surface area contributed by atoms with Crippen LogP contribution in [0.4, 0.5) is 0 Å². The van der Waals surface area contributed by atoms with Crippen molar-refractivity contribution in [1.82, 2.24) is 4.90 Å². The Morgan fingerprint density at radius 1 is 1.45 bits per heavy atom. The molecule has 20 heavy (non-hydrogen) atoms. The molecule has 1 saturated heterocycles. The van der Waals surface area contributed by atoms with Gasteiger partial charge in [0.1, 0.15) is 6.10 Å². The minimum Gasteiger partial charge on any atom is -0.462 e. The number of carbonyl (C=O) groups excluding carboxylic acids is 1. The molecule has 2 rings (SSSR count). The fraction of sp³-hybridized carbons (Fsp3) is 0.625. The maximum absolute atomic E-state index is 10.9. The summed E-state index contributed by atoms with van der Waals surface area (Å²) in [4.78, 5) is 13.3. The van der Waals surface area contributed by atoms with Crippen molar-refractivity contribution in [3.05, 3.63) is 23.8 Å². The molecule has 0 aromatic rings. The Morgan fingerprint density at radius 3 is 2.90 bits per heavy atom. The number of hydrogen-bond acceptors (Lipinski definition) is 4. The number of nitrogens with zero attached hydrogens (tertiary/aromatic N) is 1. The molecule has 1 fully saturated rings. The average molecular weight is 276 g/mol. The number of nitrogens with one attached hydrogen (secondary N) is 1. The average Bonchev–Trinajstić information content (AvgIpc) is 2.40. The number of likely N-dealkylation sites (tertiary alicyclic amines) is 1. The Bertz CT molecular complexity index is 418. The van der Waals surface area contributed by atoms with Crippen molar-refractivity contribution in [3.8, 4) is 0 Å². The Hall–Kier alpha value is -1.42. The first-order valence-corrected chi connectivity index (χ1v) is 7.48. The molecule has 0 aromatic heterocycles. The van der Waals surface area contributed by atoms with Crippen LogP contribution in [-0.4, -0.2) is 42.3 Å². The number of ether oxygens (including phenoxy) is 1. The molecule has 0 amide bonds. The molecule has 2 aliphatic rings. The third kappa shape index (κ3) is 4.60. The summed E-state index contributed by atoms with van der Waals surface area (Å²) < 4.78 is 5.25. The largest absolute Gasteiger partial charge is 0.462 e. The van der Waals surface area contributed by atoms with Gasteiger partial charge in [-0.15, -0.1) is 0 Å². The molecular formula is C16H24N2O2. The Morgan fingerprint density at radius 2 is 2.20 bits per heavy atom. The van der Waals surface area contributed by atoms with Gasteiger partial charge in [0.15, 0.2) is 0 Å². The maximum atomic E-state index is 10.9. The molecular weight excluding hydrogens is 252 g/mol. The fourth-order valence-electron chi connectivity index (χ4n) is 2.75. The van der Waals surface area contributed by atoms with E-state index in [0.29, 0.717) is 0 Å². The third-order valence-corrected chi connectivity index (χ3v) is 3.88. The van der Waals surface area contributed by atoms with Crippen molar-refractivity contribution in [2.75, 3.05) is 19.6 Å². The monoisotopic (exact) mass is 276 g/mol. The summed E-state index contributed by atoms with van der Waals surface area (Å²) in [5.41, 5.74) is 1.91. The molecule has 1 heterocycles. The smallest absolute Gasteiger partial charge is 0.302 e. The van der Waals surface area contributed by atoms with E-state index in [9.17, 15) is 4.79 Å². The van der Waals surface area contributed by atoms with Crippen LogP contribution in [0.2, 0.25) is 0 Å². The number of esters is 1. The predicted octanol–water partition coefficient (Wildman–Crippen LogP) is 2.70. The Balaban J connectivity index is 1.85. The highest BCUT2D eigenvalue weighted by Gasteiger charge is 2.22. The van der Waals surface area contributed by atoms with E-state index in [1.54, 1.807) is 0 Å². The Kier molecular flexibility index (Phi) is 5.53. The molecule has 0 saturated carbocycles. The highest BCUT2D eigenvalue weighted by atomic mass is 16.5. The lowest BCUT2D eigenvalue weighted by Crippen LogP contribution is -2.39. The van der Waals surface area contributed by atoms with E-state index in [2.05, 4.69) is 23.1 Å².